The summed E-state index contributed by atoms with van der Waals surface area (Å²) in [6.45, 7) is 3.97. The molecule has 5 heteroatoms. The molecule has 0 atom stereocenters. The quantitative estimate of drug-likeness (QED) is 0.802. The van der Waals surface area contributed by atoms with Crippen molar-refractivity contribution in [1.29, 1.82) is 0 Å². The highest BCUT2D eigenvalue weighted by Crippen LogP contribution is 2.36. The predicted octanol–water partition coefficient (Wildman–Crippen LogP) is 3.17. The predicted molar refractivity (Wildman–Crippen MR) is 80.0 cm³/mol. The third kappa shape index (κ3) is 3.10. The molecule has 0 amide bonds. The Kier molecular flexibility index (Phi) is 5.02. The van der Waals surface area contributed by atoms with Crippen molar-refractivity contribution in [3.05, 3.63) is 39.9 Å². The van der Waals surface area contributed by atoms with Gasteiger partial charge in [0, 0.05) is 5.02 Å². The molecule has 0 radical (unpaired) electrons. The maximum absolute atomic E-state index is 12.3. The number of fused-ring (bicyclic) bond motifs is 1. The number of rotatable bonds is 4. The van der Waals surface area contributed by atoms with Gasteiger partial charge in [-0.3, -0.25) is 0 Å². The van der Waals surface area contributed by atoms with Crippen LogP contribution < -0.4 is 0 Å². The van der Waals surface area contributed by atoms with Crippen LogP contribution in [0, 0.1) is 0 Å². The fourth-order valence-electron chi connectivity index (χ4n) is 2.44. The number of halogens is 1. The molecule has 0 N–H and O–H groups in total. The molecule has 0 saturated heterocycles. The Labute approximate surface area is 128 Å². The zero-order chi connectivity index (χ0) is 15.4. The van der Waals surface area contributed by atoms with Gasteiger partial charge in [-0.25, -0.2) is 9.59 Å². The molecule has 0 bridgehead atoms. The second-order valence-corrected chi connectivity index (χ2v) is 4.97. The minimum Gasteiger partial charge on any atom is -0.463 e. The van der Waals surface area contributed by atoms with E-state index < -0.39 is 11.9 Å². The van der Waals surface area contributed by atoms with Crippen molar-refractivity contribution in [2.75, 3.05) is 13.2 Å². The van der Waals surface area contributed by atoms with Gasteiger partial charge in [0.05, 0.1) is 24.4 Å². The molecule has 0 heterocycles. The SMILES string of the molecule is CCOC(=O)C1=C(C(=O)OCC)c2cccc(Cl)c2CC1. The normalized spacial score (nSPS) is 13.7. The zero-order valence-electron chi connectivity index (χ0n) is 12.1. The Balaban J connectivity index is 2.57. The van der Waals surface area contributed by atoms with Crippen molar-refractivity contribution in [3.63, 3.8) is 0 Å². The lowest BCUT2D eigenvalue weighted by Gasteiger charge is -2.22. The van der Waals surface area contributed by atoms with Crippen LogP contribution in [0.3, 0.4) is 0 Å². The molecule has 112 valence electrons. The van der Waals surface area contributed by atoms with Crippen LogP contribution >= 0.6 is 11.6 Å². The number of ether oxygens (including phenoxy) is 2. The Morgan fingerprint density at radius 3 is 2.43 bits per heavy atom. The van der Waals surface area contributed by atoms with Crippen LogP contribution in [-0.2, 0) is 25.5 Å². The van der Waals surface area contributed by atoms with E-state index in [0.717, 1.165) is 5.56 Å². The first-order chi connectivity index (χ1) is 10.1. The van der Waals surface area contributed by atoms with E-state index in [4.69, 9.17) is 21.1 Å². The van der Waals surface area contributed by atoms with Crippen molar-refractivity contribution in [2.24, 2.45) is 0 Å². The van der Waals surface area contributed by atoms with Gasteiger partial charge in [0.1, 0.15) is 0 Å². The average molecular weight is 309 g/mol. The summed E-state index contributed by atoms with van der Waals surface area (Å²) < 4.78 is 10.1. The fourth-order valence-corrected chi connectivity index (χ4v) is 2.71. The molecule has 2 rings (SSSR count). The Hall–Kier alpha value is -1.81. The van der Waals surface area contributed by atoms with Gasteiger partial charge in [-0.1, -0.05) is 23.7 Å². The summed E-state index contributed by atoms with van der Waals surface area (Å²) in [5.74, 6) is -0.977. The van der Waals surface area contributed by atoms with E-state index in [1.54, 1.807) is 32.0 Å². The van der Waals surface area contributed by atoms with Gasteiger partial charge in [-0.05, 0) is 43.9 Å². The van der Waals surface area contributed by atoms with Gasteiger partial charge in [0.15, 0.2) is 0 Å². The smallest absolute Gasteiger partial charge is 0.339 e. The minimum absolute atomic E-state index is 0.244. The van der Waals surface area contributed by atoms with Crippen LogP contribution in [0.15, 0.2) is 23.8 Å². The highest BCUT2D eigenvalue weighted by molar-refractivity contribution is 6.32. The molecule has 1 aromatic rings. The van der Waals surface area contributed by atoms with E-state index >= 15 is 0 Å². The van der Waals surface area contributed by atoms with Crippen LogP contribution in [-0.4, -0.2) is 25.2 Å². The second kappa shape index (κ2) is 6.76. The molecule has 1 aromatic carbocycles. The molecular weight excluding hydrogens is 292 g/mol. The molecule has 0 fully saturated rings. The summed E-state index contributed by atoms with van der Waals surface area (Å²) in [5.41, 5.74) is 2.18. The molecular formula is C16H17ClO4. The van der Waals surface area contributed by atoms with Crippen molar-refractivity contribution in [2.45, 2.75) is 26.7 Å². The third-order valence-electron chi connectivity index (χ3n) is 3.32. The van der Waals surface area contributed by atoms with Crippen molar-refractivity contribution < 1.29 is 19.1 Å². The average Bonchev–Trinajstić information content (AvgIpc) is 2.47. The van der Waals surface area contributed by atoms with E-state index in [1.807, 2.05) is 0 Å². The molecule has 21 heavy (non-hydrogen) atoms. The zero-order valence-corrected chi connectivity index (χ0v) is 12.8. The molecule has 0 aromatic heterocycles. The largest absolute Gasteiger partial charge is 0.463 e. The Bertz CT molecular complexity index is 604. The van der Waals surface area contributed by atoms with Crippen LogP contribution in [0.1, 0.15) is 31.4 Å². The van der Waals surface area contributed by atoms with Gasteiger partial charge < -0.3 is 9.47 Å². The van der Waals surface area contributed by atoms with E-state index in [2.05, 4.69) is 0 Å². The third-order valence-corrected chi connectivity index (χ3v) is 3.67. The summed E-state index contributed by atoms with van der Waals surface area (Å²) in [6.07, 6.45) is 1.02. The minimum atomic E-state index is -0.510. The fraction of sp³-hybridized carbons (Fsp3) is 0.375. The van der Waals surface area contributed by atoms with Gasteiger partial charge >= 0.3 is 11.9 Å². The first-order valence-corrected chi connectivity index (χ1v) is 7.33. The lowest BCUT2D eigenvalue weighted by atomic mass is 9.85. The molecule has 0 saturated carbocycles. The second-order valence-electron chi connectivity index (χ2n) is 4.56. The Morgan fingerprint density at radius 1 is 1.10 bits per heavy atom. The first kappa shape index (κ1) is 15.6. The molecule has 1 aliphatic carbocycles. The lowest BCUT2D eigenvalue weighted by molar-refractivity contribution is -0.140. The van der Waals surface area contributed by atoms with Crippen molar-refractivity contribution in [3.8, 4) is 0 Å². The standard InChI is InChI=1S/C16H17ClO4/c1-3-20-15(18)12-9-8-10-11(6-5-7-13(10)17)14(12)16(19)21-4-2/h5-7H,3-4,8-9H2,1-2H3. The lowest BCUT2D eigenvalue weighted by Crippen LogP contribution is -2.20. The van der Waals surface area contributed by atoms with E-state index in [0.29, 0.717) is 29.0 Å². The number of hydrogen-bond donors (Lipinski definition) is 0. The molecule has 0 aliphatic heterocycles. The summed E-state index contributed by atoms with van der Waals surface area (Å²) in [5, 5.41) is 0.595. The van der Waals surface area contributed by atoms with E-state index in [-0.39, 0.29) is 18.8 Å². The van der Waals surface area contributed by atoms with Gasteiger partial charge in [-0.2, -0.15) is 0 Å². The number of hydrogen-bond acceptors (Lipinski definition) is 4. The highest BCUT2D eigenvalue weighted by atomic mass is 35.5. The number of carbonyl (C=O) groups excluding carboxylic acids is 2. The summed E-state index contributed by atoms with van der Waals surface area (Å²) in [6, 6.07) is 5.32. The van der Waals surface area contributed by atoms with Crippen LogP contribution in [0.25, 0.3) is 5.57 Å². The van der Waals surface area contributed by atoms with Gasteiger partial charge in [-0.15, -0.1) is 0 Å². The number of carbonyl (C=O) groups is 2. The van der Waals surface area contributed by atoms with Crippen LogP contribution in [0.5, 0.6) is 0 Å². The molecule has 0 spiro atoms. The van der Waals surface area contributed by atoms with Gasteiger partial charge in [0.2, 0.25) is 0 Å². The highest BCUT2D eigenvalue weighted by Gasteiger charge is 2.30. The number of esters is 2. The van der Waals surface area contributed by atoms with Crippen molar-refractivity contribution in [1.82, 2.24) is 0 Å². The van der Waals surface area contributed by atoms with Crippen LogP contribution in [0.2, 0.25) is 5.02 Å². The summed E-state index contributed by atoms with van der Waals surface area (Å²) in [7, 11) is 0. The summed E-state index contributed by atoms with van der Waals surface area (Å²) >= 11 is 6.19. The van der Waals surface area contributed by atoms with Gasteiger partial charge in [0.25, 0.3) is 0 Å². The Morgan fingerprint density at radius 2 is 1.76 bits per heavy atom. The van der Waals surface area contributed by atoms with Crippen molar-refractivity contribution >= 4 is 29.1 Å². The first-order valence-electron chi connectivity index (χ1n) is 6.95. The molecule has 1 aliphatic rings. The monoisotopic (exact) mass is 308 g/mol. The number of benzene rings is 1. The molecule has 0 unspecified atom stereocenters. The maximum atomic E-state index is 12.3. The topological polar surface area (TPSA) is 52.6 Å². The van der Waals surface area contributed by atoms with E-state index in [1.165, 1.54) is 0 Å². The maximum Gasteiger partial charge on any atom is 0.339 e. The summed E-state index contributed by atoms with van der Waals surface area (Å²) in [4.78, 5) is 24.4. The van der Waals surface area contributed by atoms with E-state index in [9.17, 15) is 9.59 Å². The molecule has 4 nitrogen and oxygen atoms in total. The van der Waals surface area contributed by atoms with Crippen LogP contribution in [0.4, 0.5) is 0 Å².